The lowest BCUT2D eigenvalue weighted by molar-refractivity contribution is 0.216. The van der Waals surface area contributed by atoms with Crippen LogP contribution < -0.4 is 10.5 Å². The minimum Gasteiger partial charge on any atom is -0.493 e. The van der Waals surface area contributed by atoms with Crippen molar-refractivity contribution in [2.45, 2.75) is 18.9 Å². The average Bonchev–Trinajstić information content (AvgIpc) is 2.64. The molecule has 98 valence electrons. The van der Waals surface area contributed by atoms with Crippen molar-refractivity contribution >= 4 is 17.6 Å². The molecule has 1 heterocycles. The Morgan fingerprint density at radius 1 is 1.61 bits per heavy atom. The summed E-state index contributed by atoms with van der Waals surface area (Å²) in [6, 6.07) is 4.46. The molecule has 1 unspecified atom stereocenters. The average molecular weight is 273 g/mol. The van der Waals surface area contributed by atoms with Crippen molar-refractivity contribution in [1.29, 1.82) is 0 Å². The maximum atomic E-state index is 12.9. The summed E-state index contributed by atoms with van der Waals surface area (Å²) in [6.45, 7) is 2.82. The van der Waals surface area contributed by atoms with Crippen LogP contribution in [-0.2, 0) is 4.74 Å². The quantitative estimate of drug-likeness (QED) is 0.915. The zero-order valence-electron chi connectivity index (χ0n) is 9.95. The largest absolute Gasteiger partial charge is 0.493 e. The fourth-order valence-corrected chi connectivity index (χ4v) is 1.81. The van der Waals surface area contributed by atoms with Gasteiger partial charge in [-0.2, -0.15) is 0 Å². The fourth-order valence-electron chi connectivity index (χ4n) is 1.64. The maximum absolute atomic E-state index is 12.9. The number of nitrogens with two attached hydrogens (primary N) is 1. The molecule has 1 aliphatic heterocycles. The van der Waals surface area contributed by atoms with Crippen molar-refractivity contribution in [3.63, 3.8) is 0 Å². The SMILES string of the molecule is CC1(CCOc2ccc(F)c(Cl)c2)COC(N)=N1. The zero-order valence-corrected chi connectivity index (χ0v) is 10.7. The Morgan fingerprint density at radius 3 is 3.00 bits per heavy atom. The van der Waals surface area contributed by atoms with Gasteiger partial charge >= 0.3 is 0 Å². The standard InChI is InChI=1S/C12H14ClFN2O2/c1-12(7-18-11(15)16-12)4-5-17-8-2-3-10(14)9(13)6-8/h2-3,6H,4-5,7H2,1H3,(H2,15,16). The van der Waals surface area contributed by atoms with E-state index < -0.39 is 5.82 Å². The van der Waals surface area contributed by atoms with Gasteiger partial charge in [0.1, 0.15) is 23.7 Å². The van der Waals surface area contributed by atoms with Crippen LogP contribution in [0.25, 0.3) is 0 Å². The molecule has 1 aliphatic rings. The molecule has 1 atom stereocenters. The minimum atomic E-state index is -0.461. The molecule has 2 rings (SSSR count). The van der Waals surface area contributed by atoms with Gasteiger partial charge in [-0.3, -0.25) is 0 Å². The molecule has 0 radical (unpaired) electrons. The topological polar surface area (TPSA) is 56.8 Å². The second-order valence-electron chi connectivity index (χ2n) is 4.41. The van der Waals surface area contributed by atoms with E-state index in [1.54, 1.807) is 0 Å². The lowest BCUT2D eigenvalue weighted by Gasteiger charge is -2.18. The summed E-state index contributed by atoms with van der Waals surface area (Å²) in [5, 5.41) is 0.0465. The van der Waals surface area contributed by atoms with E-state index in [9.17, 15) is 4.39 Å². The van der Waals surface area contributed by atoms with Gasteiger partial charge in [0.15, 0.2) is 0 Å². The highest BCUT2D eigenvalue weighted by Gasteiger charge is 2.30. The van der Waals surface area contributed by atoms with E-state index in [1.165, 1.54) is 18.2 Å². The number of hydrogen-bond acceptors (Lipinski definition) is 4. The van der Waals surface area contributed by atoms with Gasteiger partial charge in [-0.05, 0) is 19.1 Å². The van der Waals surface area contributed by atoms with Gasteiger partial charge in [0.25, 0.3) is 6.02 Å². The molecule has 0 spiro atoms. The molecule has 1 aromatic carbocycles. The van der Waals surface area contributed by atoms with E-state index in [4.69, 9.17) is 26.8 Å². The number of halogens is 2. The van der Waals surface area contributed by atoms with Crippen LogP contribution in [-0.4, -0.2) is 24.8 Å². The molecule has 18 heavy (non-hydrogen) atoms. The lowest BCUT2D eigenvalue weighted by atomic mass is 10.0. The number of nitrogens with zero attached hydrogens (tertiary/aromatic N) is 1. The third-order valence-electron chi connectivity index (χ3n) is 2.71. The van der Waals surface area contributed by atoms with Crippen LogP contribution >= 0.6 is 11.6 Å². The van der Waals surface area contributed by atoms with Crippen molar-refractivity contribution in [2.75, 3.05) is 13.2 Å². The van der Waals surface area contributed by atoms with Crippen LogP contribution in [0.15, 0.2) is 23.2 Å². The normalized spacial score (nSPS) is 22.5. The number of amidine groups is 1. The van der Waals surface area contributed by atoms with E-state index in [1.807, 2.05) is 6.92 Å². The predicted molar refractivity (Wildman–Crippen MR) is 67.5 cm³/mol. The van der Waals surface area contributed by atoms with Crippen molar-refractivity contribution in [3.8, 4) is 5.75 Å². The highest BCUT2D eigenvalue weighted by atomic mass is 35.5. The first-order chi connectivity index (χ1) is 8.48. The molecule has 0 aromatic heterocycles. The first-order valence-electron chi connectivity index (χ1n) is 5.54. The molecule has 0 fully saturated rings. The molecule has 6 heteroatoms. The second-order valence-corrected chi connectivity index (χ2v) is 4.82. The summed E-state index contributed by atoms with van der Waals surface area (Å²) in [7, 11) is 0. The van der Waals surface area contributed by atoms with E-state index in [2.05, 4.69) is 4.99 Å². The first-order valence-corrected chi connectivity index (χ1v) is 5.92. The van der Waals surface area contributed by atoms with Crippen LogP contribution in [0, 0.1) is 5.82 Å². The Labute approximate surface area is 110 Å². The van der Waals surface area contributed by atoms with Gasteiger partial charge < -0.3 is 15.2 Å². The number of ether oxygens (including phenoxy) is 2. The summed E-state index contributed by atoms with van der Waals surface area (Å²) in [5.74, 6) is 0.0680. The molecule has 0 aliphatic carbocycles. The monoisotopic (exact) mass is 272 g/mol. The van der Waals surface area contributed by atoms with Crippen molar-refractivity contribution in [2.24, 2.45) is 10.7 Å². The first kappa shape index (κ1) is 13.0. The Hall–Kier alpha value is -1.49. The van der Waals surface area contributed by atoms with E-state index in [-0.39, 0.29) is 16.6 Å². The maximum Gasteiger partial charge on any atom is 0.282 e. The zero-order chi connectivity index (χ0) is 13.2. The van der Waals surface area contributed by atoms with Gasteiger partial charge in [0.05, 0.1) is 11.6 Å². The smallest absolute Gasteiger partial charge is 0.282 e. The van der Waals surface area contributed by atoms with Crippen LogP contribution in [0.3, 0.4) is 0 Å². The van der Waals surface area contributed by atoms with Crippen LogP contribution in [0.1, 0.15) is 13.3 Å². The third-order valence-corrected chi connectivity index (χ3v) is 3.00. The summed E-state index contributed by atoms with van der Waals surface area (Å²) >= 11 is 5.65. The van der Waals surface area contributed by atoms with Gasteiger partial charge in [0.2, 0.25) is 0 Å². The number of benzene rings is 1. The molecule has 4 nitrogen and oxygen atoms in total. The number of aliphatic imine (C=N–C) groups is 1. The third kappa shape index (κ3) is 3.04. The molecular weight excluding hydrogens is 259 g/mol. The van der Waals surface area contributed by atoms with Crippen molar-refractivity contribution in [3.05, 3.63) is 29.0 Å². The molecule has 0 saturated heterocycles. The van der Waals surface area contributed by atoms with Gasteiger partial charge in [-0.25, -0.2) is 9.38 Å². The Bertz CT molecular complexity index is 481. The van der Waals surface area contributed by atoms with Gasteiger partial charge in [0, 0.05) is 12.5 Å². The van der Waals surface area contributed by atoms with Crippen molar-refractivity contribution in [1.82, 2.24) is 0 Å². The second kappa shape index (κ2) is 5.02. The van der Waals surface area contributed by atoms with Gasteiger partial charge in [-0.1, -0.05) is 11.6 Å². The van der Waals surface area contributed by atoms with Crippen LogP contribution in [0.5, 0.6) is 5.75 Å². The summed E-state index contributed by atoms with van der Waals surface area (Å²) < 4.78 is 23.5. The Kier molecular flexibility index (Phi) is 3.61. The molecule has 0 amide bonds. The van der Waals surface area contributed by atoms with Gasteiger partial charge in [-0.15, -0.1) is 0 Å². The van der Waals surface area contributed by atoms with Crippen LogP contribution in [0.4, 0.5) is 4.39 Å². The van der Waals surface area contributed by atoms with E-state index in [0.717, 1.165) is 0 Å². The number of hydrogen-bond donors (Lipinski definition) is 1. The van der Waals surface area contributed by atoms with Crippen molar-refractivity contribution < 1.29 is 13.9 Å². The molecule has 0 bridgehead atoms. The Morgan fingerprint density at radius 2 is 2.39 bits per heavy atom. The highest BCUT2D eigenvalue weighted by molar-refractivity contribution is 6.30. The fraction of sp³-hybridized carbons (Fsp3) is 0.417. The summed E-state index contributed by atoms with van der Waals surface area (Å²) in [4.78, 5) is 4.19. The van der Waals surface area contributed by atoms with E-state index in [0.29, 0.717) is 25.4 Å². The molecule has 1 aromatic rings. The number of rotatable bonds is 4. The highest BCUT2D eigenvalue weighted by Crippen LogP contribution is 2.24. The van der Waals surface area contributed by atoms with E-state index >= 15 is 0 Å². The predicted octanol–water partition coefficient (Wildman–Crippen LogP) is 2.35. The Balaban J connectivity index is 1.87. The lowest BCUT2D eigenvalue weighted by Crippen LogP contribution is -2.26. The molecule has 2 N–H and O–H groups in total. The summed E-state index contributed by atoms with van der Waals surface area (Å²) in [6.07, 6.45) is 0.655. The molecular formula is C12H14ClFN2O2. The van der Waals surface area contributed by atoms with Crippen LogP contribution in [0.2, 0.25) is 5.02 Å². The minimum absolute atomic E-state index is 0.0465. The molecule has 0 saturated carbocycles. The summed E-state index contributed by atoms with van der Waals surface area (Å²) in [5.41, 5.74) is 5.10.